The molecule has 0 radical (unpaired) electrons. The molecule has 2 aromatic carbocycles. The summed E-state index contributed by atoms with van der Waals surface area (Å²) < 4.78 is 0. The molecule has 0 aliphatic rings. The zero-order chi connectivity index (χ0) is 14.9. The summed E-state index contributed by atoms with van der Waals surface area (Å²) in [5, 5.41) is 0. The van der Waals surface area contributed by atoms with Crippen molar-refractivity contribution in [2.45, 2.75) is 27.7 Å². The maximum Gasteiger partial charge on any atom is 0.0373 e. The molecule has 2 rings (SSSR count). The highest BCUT2D eigenvalue weighted by Crippen LogP contribution is 2.22. The van der Waals surface area contributed by atoms with Crippen LogP contribution in [-0.2, 0) is 0 Å². The number of nitrogens with two attached hydrogens (primary N) is 2. The van der Waals surface area contributed by atoms with Gasteiger partial charge in [-0.1, -0.05) is 12.2 Å². The Morgan fingerprint density at radius 1 is 0.600 bits per heavy atom. The van der Waals surface area contributed by atoms with E-state index in [4.69, 9.17) is 11.5 Å². The maximum absolute atomic E-state index is 5.98. The van der Waals surface area contributed by atoms with Gasteiger partial charge in [0.2, 0.25) is 0 Å². The Morgan fingerprint density at radius 3 is 1.10 bits per heavy atom. The van der Waals surface area contributed by atoms with Crippen molar-refractivity contribution in [1.29, 1.82) is 0 Å². The van der Waals surface area contributed by atoms with E-state index in [0.29, 0.717) is 0 Å². The summed E-state index contributed by atoms with van der Waals surface area (Å²) in [6.07, 6.45) is 4.23. The van der Waals surface area contributed by atoms with Crippen LogP contribution in [0.1, 0.15) is 33.4 Å². The van der Waals surface area contributed by atoms with Crippen LogP contribution in [0.4, 0.5) is 11.4 Å². The van der Waals surface area contributed by atoms with E-state index in [1.165, 1.54) is 11.1 Å². The largest absolute Gasteiger partial charge is 0.398 e. The van der Waals surface area contributed by atoms with Gasteiger partial charge in [0.1, 0.15) is 0 Å². The first-order valence-electron chi connectivity index (χ1n) is 6.80. The summed E-state index contributed by atoms with van der Waals surface area (Å²) in [6, 6.07) is 8.43. The maximum atomic E-state index is 5.98. The first-order valence-corrected chi connectivity index (χ1v) is 6.80. The second-order valence-corrected chi connectivity index (χ2v) is 5.47. The highest BCUT2D eigenvalue weighted by atomic mass is 14.6. The number of nitrogen functional groups attached to an aromatic ring is 2. The molecule has 2 aromatic rings. The van der Waals surface area contributed by atoms with E-state index >= 15 is 0 Å². The predicted molar refractivity (Wildman–Crippen MR) is 89.6 cm³/mol. The van der Waals surface area contributed by atoms with Crippen LogP contribution >= 0.6 is 0 Å². The SMILES string of the molecule is Cc1cc(/C=C/c2cc(C)c(N)c(C)c2)cc(C)c1N. The number of anilines is 2. The second-order valence-electron chi connectivity index (χ2n) is 5.47. The first kappa shape index (κ1) is 14.2. The predicted octanol–water partition coefficient (Wildman–Crippen LogP) is 4.26. The molecule has 0 spiro atoms. The highest BCUT2D eigenvalue weighted by Gasteiger charge is 2.01. The minimum absolute atomic E-state index is 0.876. The van der Waals surface area contributed by atoms with Crippen LogP contribution in [0.5, 0.6) is 0 Å². The summed E-state index contributed by atoms with van der Waals surface area (Å²) in [5.41, 5.74) is 20.5. The van der Waals surface area contributed by atoms with Gasteiger partial charge in [-0.15, -0.1) is 0 Å². The van der Waals surface area contributed by atoms with Crippen molar-refractivity contribution in [2.24, 2.45) is 0 Å². The Morgan fingerprint density at radius 2 is 0.850 bits per heavy atom. The van der Waals surface area contributed by atoms with E-state index in [-0.39, 0.29) is 0 Å². The van der Waals surface area contributed by atoms with Gasteiger partial charge in [0, 0.05) is 11.4 Å². The van der Waals surface area contributed by atoms with E-state index in [0.717, 1.165) is 33.6 Å². The van der Waals surface area contributed by atoms with E-state index in [2.05, 4.69) is 36.4 Å². The van der Waals surface area contributed by atoms with E-state index < -0.39 is 0 Å². The molecule has 2 heteroatoms. The lowest BCUT2D eigenvalue weighted by atomic mass is 10.0. The Bertz CT molecular complexity index is 576. The number of rotatable bonds is 2. The van der Waals surface area contributed by atoms with Crippen molar-refractivity contribution < 1.29 is 0 Å². The van der Waals surface area contributed by atoms with Gasteiger partial charge in [0.25, 0.3) is 0 Å². The molecule has 0 fully saturated rings. The van der Waals surface area contributed by atoms with Crippen LogP contribution in [0, 0.1) is 27.7 Å². The lowest BCUT2D eigenvalue weighted by Gasteiger charge is -2.07. The monoisotopic (exact) mass is 266 g/mol. The molecule has 0 unspecified atom stereocenters. The fourth-order valence-corrected chi connectivity index (χ4v) is 2.40. The van der Waals surface area contributed by atoms with Gasteiger partial charge in [-0.2, -0.15) is 0 Å². The van der Waals surface area contributed by atoms with Crippen molar-refractivity contribution in [2.75, 3.05) is 11.5 Å². The molecule has 0 saturated carbocycles. The Balaban J connectivity index is 2.35. The summed E-state index contributed by atoms with van der Waals surface area (Å²) in [4.78, 5) is 0. The average Bonchev–Trinajstić information content (AvgIpc) is 2.39. The van der Waals surface area contributed by atoms with Crippen LogP contribution in [0.15, 0.2) is 24.3 Å². The summed E-state index contributed by atoms with van der Waals surface area (Å²) in [7, 11) is 0. The molecular formula is C18H22N2. The highest BCUT2D eigenvalue weighted by molar-refractivity contribution is 5.74. The molecule has 0 heterocycles. The standard InChI is InChI=1S/C18H22N2/c1-11-7-15(8-12(2)17(11)19)5-6-16-9-13(3)18(20)14(4)10-16/h5-10H,19-20H2,1-4H3/b6-5+. The van der Waals surface area contributed by atoms with Crippen molar-refractivity contribution in [3.05, 3.63) is 57.6 Å². The fourth-order valence-electron chi connectivity index (χ4n) is 2.40. The first-order chi connectivity index (χ1) is 9.38. The molecule has 0 aliphatic carbocycles. The second kappa shape index (κ2) is 5.41. The van der Waals surface area contributed by atoms with E-state index in [1.54, 1.807) is 0 Å². The van der Waals surface area contributed by atoms with Crippen molar-refractivity contribution in [3.8, 4) is 0 Å². The summed E-state index contributed by atoms with van der Waals surface area (Å²) in [6.45, 7) is 8.16. The van der Waals surface area contributed by atoms with Gasteiger partial charge in [-0.05, 0) is 85.3 Å². The lowest BCUT2D eigenvalue weighted by molar-refractivity contribution is 1.37. The van der Waals surface area contributed by atoms with Gasteiger partial charge in [-0.25, -0.2) is 0 Å². The summed E-state index contributed by atoms with van der Waals surface area (Å²) >= 11 is 0. The van der Waals surface area contributed by atoms with Crippen molar-refractivity contribution >= 4 is 23.5 Å². The van der Waals surface area contributed by atoms with Crippen molar-refractivity contribution in [3.63, 3.8) is 0 Å². The fraction of sp³-hybridized carbons (Fsp3) is 0.222. The minimum Gasteiger partial charge on any atom is -0.398 e. The smallest absolute Gasteiger partial charge is 0.0373 e. The molecule has 0 amide bonds. The van der Waals surface area contributed by atoms with Crippen LogP contribution in [-0.4, -0.2) is 0 Å². The normalized spacial score (nSPS) is 11.2. The Kier molecular flexibility index (Phi) is 3.84. The molecule has 0 bridgehead atoms. The molecule has 104 valence electrons. The molecule has 0 aliphatic heterocycles. The molecule has 0 aromatic heterocycles. The molecule has 0 saturated heterocycles. The Labute approximate surface area is 121 Å². The van der Waals surface area contributed by atoms with Crippen LogP contribution in [0.2, 0.25) is 0 Å². The van der Waals surface area contributed by atoms with Crippen LogP contribution < -0.4 is 11.5 Å². The molecule has 20 heavy (non-hydrogen) atoms. The third-order valence-corrected chi connectivity index (χ3v) is 3.70. The topological polar surface area (TPSA) is 52.0 Å². The quantitative estimate of drug-likeness (QED) is 0.630. The number of hydrogen-bond donors (Lipinski definition) is 2. The van der Waals surface area contributed by atoms with Gasteiger partial charge >= 0.3 is 0 Å². The van der Waals surface area contributed by atoms with Gasteiger partial charge in [0.15, 0.2) is 0 Å². The molecular weight excluding hydrogens is 244 g/mol. The van der Waals surface area contributed by atoms with Crippen molar-refractivity contribution in [1.82, 2.24) is 0 Å². The number of aryl methyl sites for hydroxylation is 4. The van der Waals surface area contributed by atoms with Crippen LogP contribution in [0.25, 0.3) is 12.2 Å². The third-order valence-electron chi connectivity index (χ3n) is 3.70. The van der Waals surface area contributed by atoms with Crippen LogP contribution in [0.3, 0.4) is 0 Å². The van der Waals surface area contributed by atoms with E-state index in [9.17, 15) is 0 Å². The Hall–Kier alpha value is -2.22. The molecule has 0 atom stereocenters. The number of hydrogen-bond acceptors (Lipinski definition) is 2. The summed E-state index contributed by atoms with van der Waals surface area (Å²) in [5.74, 6) is 0. The lowest BCUT2D eigenvalue weighted by Crippen LogP contribution is -1.94. The van der Waals surface area contributed by atoms with Gasteiger partial charge < -0.3 is 11.5 Å². The molecule has 2 nitrogen and oxygen atoms in total. The van der Waals surface area contributed by atoms with Gasteiger partial charge in [-0.3, -0.25) is 0 Å². The van der Waals surface area contributed by atoms with Gasteiger partial charge in [0.05, 0.1) is 0 Å². The third kappa shape index (κ3) is 2.85. The van der Waals surface area contributed by atoms with E-state index in [1.807, 2.05) is 27.7 Å². The number of benzene rings is 2. The minimum atomic E-state index is 0.876. The zero-order valence-corrected chi connectivity index (χ0v) is 12.6. The molecule has 4 N–H and O–H groups in total. The zero-order valence-electron chi connectivity index (χ0n) is 12.6. The average molecular weight is 266 g/mol.